The molecule has 0 unspecified atom stereocenters. The molecule has 1 saturated heterocycles. The second-order valence-electron chi connectivity index (χ2n) is 6.69. The maximum absolute atomic E-state index is 12.4. The number of anilines is 1. The van der Waals surface area contributed by atoms with Gasteiger partial charge in [-0.1, -0.05) is 11.6 Å². The summed E-state index contributed by atoms with van der Waals surface area (Å²) in [5, 5.41) is 3.00. The van der Waals surface area contributed by atoms with Crippen molar-refractivity contribution in [2.45, 2.75) is 13.3 Å². The number of carbonyl (C=O) groups excluding carboxylic acids is 1. The molecule has 1 amide bonds. The lowest BCUT2D eigenvalue weighted by Crippen LogP contribution is -2.47. The molecule has 1 aliphatic heterocycles. The highest BCUT2D eigenvalue weighted by Crippen LogP contribution is 2.19. The topological polar surface area (TPSA) is 70.6 Å². The Morgan fingerprint density at radius 1 is 1.19 bits per heavy atom. The predicted octanol–water partition coefficient (Wildman–Crippen LogP) is 1.74. The Morgan fingerprint density at radius 2 is 1.93 bits per heavy atom. The molecule has 1 N–H and O–H groups in total. The fraction of sp³-hybridized carbons (Fsp3) is 0.450. The zero-order valence-corrected chi connectivity index (χ0v) is 16.0. The van der Waals surface area contributed by atoms with Crippen molar-refractivity contribution in [3.05, 3.63) is 47.8 Å². The van der Waals surface area contributed by atoms with Gasteiger partial charge in [0.1, 0.15) is 5.75 Å². The molecule has 144 valence electrons. The van der Waals surface area contributed by atoms with Gasteiger partial charge in [0.15, 0.2) is 0 Å². The van der Waals surface area contributed by atoms with Crippen LogP contribution in [0.5, 0.6) is 5.75 Å². The fourth-order valence-corrected chi connectivity index (χ4v) is 3.23. The molecular weight excluding hydrogens is 342 g/mol. The first kappa shape index (κ1) is 19.1. The van der Waals surface area contributed by atoms with E-state index in [1.807, 2.05) is 31.2 Å². The van der Waals surface area contributed by atoms with E-state index in [0.717, 1.165) is 50.7 Å². The van der Waals surface area contributed by atoms with E-state index in [2.05, 4.69) is 25.1 Å². The van der Waals surface area contributed by atoms with Gasteiger partial charge in [-0.15, -0.1) is 0 Å². The van der Waals surface area contributed by atoms with Gasteiger partial charge in [0.05, 0.1) is 12.7 Å². The van der Waals surface area contributed by atoms with Gasteiger partial charge in [-0.05, 0) is 38.1 Å². The van der Waals surface area contributed by atoms with Crippen LogP contribution in [0.15, 0.2) is 36.7 Å². The highest BCUT2D eigenvalue weighted by atomic mass is 16.5. The van der Waals surface area contributed by atoms with Gasteiger partial charge in [0, 0.05) is 45.1 Å². The average Bonchev–Trinajstić information content (AvgIpc) is 2.72. The van der Waals surface area contributed by atoms with Crippen molar-refractivity contribution in [3.63, 3.8) is 0 Å². The van der Waals surface area contributed by atoms with E-state index in [-0.39, 0.29) is 5.91 Å². The van der Waals surface area contributed by atoms with Crippen molar-refractivity contribution in [1.82, 2.24) is 20.2 Å². The highest BCUT2D eigenvalue weighted by Gasteiger charge is 2.18. The molecule has 0 spiro atoms. The van der Waals surface area contributed by atoms with E-state index >= 15 is 0 Å². The summed E-state index contributed by atoms with van der Waals surface area (Å²) in [6, 6.07) is 7.47. The van der Waals surface area contributed by atoms with Crippen LogP contribution in [-0.2, 0) is 0 Å². The first-order valence-electron chi connectivity index (χ1n) is 9.34. The Hall–Kier alpha value is -2.67. The summed E-state index contributed by atoms with van der Waals surface area (Å²) in [6.45, 7) is 7.41. The number of aryl methyl sites for hydroxylation is 1. The van der Waals surface area contributed by atoms with Crippen molar-refractivity contribution in [1.29, 1.82) is 0 Å². The first-order valence-corrected chi connectivity index (χ1v) is 9.34. The number of aromatic nitrogens is 2. The van der Waals surface area contributed by atoms with Crippen molar-refractivity contribution in [3.8, 4) is 5.75 Å². The smallest absolute Gasteiger partial charge is 0.255 e. The third-order valence-electron chi connectivity index (χ3n) is 4.74. The van der Waals surface area contributed by atoms with Gasteiger partial charge in [0.2, 0.25) is 5.95 Å². The highest BCUT2D eigenvalue weighted by molar-refractivity contribution is 5.97. The molecule has 0 radical (unpaired) electrons. The van der Waals surface area contributed by atoms with Crippen LogP contribution in [0.2, 0.25) is 0 Å². The molecule has 1 aliphatic rings. The summed E-state index contributed by atoms with van der Waals surface area (Å²) in [4.78, 5) is 25.6. The van der Waals surface area contributed by atoms with Gasteiger partial charge in [0.25, 0.3) is 5.91 Å². The fourth-order valence-electron chi connectivity index (χ4n) is 3.23. The first-order chi connectivity index (χ1) is 13.2. The molecule has 0 saturated carbocycles. The lowest BCUT2D eigenvalue weighted by Gasteiger charge is -2.34. The number of hydrogen-bond acceptors (Lipinski definition) is 6. The van der Waals surface area contributed by atoms with Crippen LogP contribution >= 0.6 is 0 Å². The quantitative estimate of drug-likeness (QED) is 0.750. The molecule has 1 aromatic carbocycles. The van der Waals surface area contributed by atoms with Crippen LogP contribution in [-0.4, -0.2) is 67.2 Å². The number of nitrogens with zero attached hydrogens (tertiary/aromatic N) is 4. The van der Waals surface area contributed by atoms with E-state index in [4.69, 9.17) is 4.74 Å². The summed E-state index contributed by atoms with van der Waals surface area (Å²) < 4.78 is 5.29. The van der Waals surface area contributed by atoms with Gasteiger partial charge >= 0.3 is 0 Å². The van der Waals surface area contributed by atoms with Crippen LogP contribution in [0.3, 0.4) is 0 Å². The Bertz CT molecular complexity index is 745. The van der Waals surface area contributed by atoms with Gasteiger partial charge in [-0.3, -0.25) is 9.69 Å². The van der Waals surface area contributed by atoms with E-state index in [9.17, 15) is 4.79 Å². The number of methoxy groups -OCH3 is 1. The molecule has 2 aromatic rings. The minimum absolute atomic E-state index is 0.0819. The number of nitrogens with one attached hydrogen (secondary N) is 1. The predicted molar refractivity (Wildman–Crippen MR) is 105 cm³/mol. The monoisotopic (exact) mass is 369 g/mol. The van der Waals surface area contributed by atoms with Crippen molar-refractivity contribution in [2.75, 3.05) is 51.3 Å². The number of hydrogen-bond donors (Lipinski definition) is 1. The van der Waals surface area contributed by atoms with E-state index in [0.29, 0.717) is 17.9 Å². The largest absolute Gasteiger partial charge is 0.496 e. The summed E-state index contributed by atoms with van der Waals surface area (Å²) in [6.07, 6.45) is 4.48. The SMILES string of the molecule is COc1ccc(C)cc1C(=O)NCCCN1CCN(c2ncccn2)CC1. The number of amides is 1. The Labute approximate surface area is 160 Å². The van der Waals surface area contributed by atoms with E-state index in [1.54, 1.807) is 19.5 Å². The molecule has 0 atom stereocenters. The lowest BCUT2D eigenvalue weighted by molar-refractivity contribution is 0.0948. The normalized spacial score (nSPS) is 14.8. The van der Waals surface area contributed by atoms with Gasteiger partial charge in [-0.2, -0.15) is 0 Å². The van der Waals surface area contributed by atoms with Crippen LogP contribution in [0.1, 0.15) is 22.3 Å². The second-order valence-corrected chi connectivity index (χ2v) is 6.69. The van der Waals surface area contributed by atoms with Crippen LogP contribution in [0, 0.1) is 6.92 Å². The third-order valence-corrected chi connectivity index (χ3v) is 4.74. The molecule has 27 heavy (non-hydrogen) atoms. The summed E-state index contributed by atoms with van der Waals surface area (Å²) in [5.74, 6) is 1.33. The maximum Gasteiger partial charge on any atom is 0.255 e. The zero-order chi connectivity index (χ0) is 19.1. The van der Waals surface area contributed by atoms with Crippen LogP contribution in [0.4, 0.5) is 5.95 Å². The number of benzene rings is 1. The Balaban J connectivity index is 1.39. The maximum atomic E-state index is 12.4. The standard InChI is InChI=1S/C20H27N5O2/c1-16-5-6-18(27-2)17(15-16)19(26)21-9-4-10-24-11-13-25(14-12-24)20-22-7-3-8-23-20/h3,5-8,15H,4,9-14H2,1-2H3,(H,21,26). The summed E-state index contributed by atoms with van der Waals surface area (Å²) in [5.41, 5.74) is 1.63. The van der Waals surface area contributed by atoms with E-state index < -0.39 is 0 Å². The minimum atomic E-state index is -0.0819. The number of rotatable bonds is 7. The number of ether oxygens (including phenoxy) is 1. The molecule has 0 aliphatic carbocycles. The minimum Gasteiger partial charge on any atom is -0.496 e. The molecule has 1 aromatic heterocycles. The average molecular weight is 369 g/mol. The van der Waals surface area contributed by atoms with Gasteiger partial charge in [-0.25, -0.2) is 9.97 Å². The molecule has 7 nitrogen and oxygen atoms in total. The third kappa shape index (κ3) is 5.17. The second kappa shape index (κ2) is 9.32. The zero-order valence-electron chi connectivity index (χ0n) is 16.0. The lowest BCUT2D eigenvalue weighted by atomic mass is 10.1. The van der Waals surface area contributed by atoms with Gasteiger partial charge < -0.3 is 15.0 Å². The Morgan fingerprint density at radius 3 is 2.63 bits per heavy atom. The molecule has 2 heterocycles. The summed E-state index contributed by atoms with van der Waals surface area (Å²) in [7, 11) is 1.58. The molecule has 1 fully saturated rings. The van der Waals surface area contributed by atoms with Crippen LogP contribution in [0.25, 0.3) is 0 Å². The molecular formula is C20H27N5O2. The molecule has 7 heteroatoms. The summed E-state index contributed by atoms with van der Waals surface area (Å²) >= 11 is 0. The number of piperazine rings is 1. The Kier molecular flexibility index (Phi) is 6.59. The van der Waals surface area contributed by atoms with Crippen molar-refractivity contribution in [2.24, 2.45) is 0 Å². The number of carbonyl (C=O) groups is 1. The molecule has 3 rings (SSSR count). The van der Waals surface area contributed by atoms with Crippen molar-refractivity contribution < 1.29 is 9.53 Å². The van der Waals surface area contributed by atoms with Crippen molar-refractivity contribution >= 4 is 11.9 Å². The van der Waals surface area contributed by atoms with E-state index in [1.165, 1.54) is 0 Å². The molecule has 0 bridgehead atoms. The van der Waals surface area contributed by atoms with Crippen LogP contribution < -0.4 is 15.0 Å².